The van der Waals surface area contributed by atoms with E-state index in [9.17, 15) is 18.0 Å². The Morgan fingerprint density at radius 2 is 1.68 bits per heavy atom. The largest absolute Gasteiger partial charge is 0.350 e. The third-order valence-electron chi connectivity index (χ3n) is 5.81. The Morgan fingerprint density at radius 3 is 2.19 bits per heavy atom. The van der Waals surface area contributed by atoms with Crippen LogP contribution in [0.5, 0.6) is 0 Å². The van der Waals surface area contributed by atoms with Crippen LogP contribution in [0.4, 0.5) is 5.69 Å². The number of benzene rings is 2. The molecule has 37 heavy (non-hydrogen) atoms. The molecule has 0 saturated carbocycles. The molecule has 0 aliphatic rings. The van der Waals surface area contributed by atoms with Gasteiger partial charge in [0, 0.05) is 35.1 Å². The number of hydrogen-bond donors (Lipinski definition) is 1. The van der Waals surface area contributed by atoms with E-state index in [1.807, 2.05) is 39.8 Å². The van der Waals surface area contributed by atoms with Crippen molar-refractivity contribution >= 4 is 50.7 Å². The van der Waals surface area contributed by atoms with Crippen LogP contribution in [0.25, 0.3) is 0 Å². The van der Waals surface area contributed by atoms with E-state index in [1.165, 1.54) is 9.21 Å². The van der Waals surface area contributed by atoms with Crippen molar-refractivity contribution in [3.63, 3.8) is 0 Å². The predicted octanol–water partition coefficient (Wildman–Crippen LogP) is 5.43. The van der Waals surface area contributed by atoms with E-state index in [1.54, 1.807) is 37.3 Å². The first kappa shape index (κ1) is 30.9. The molecule has 0 aliphatic carbocycles. The first-order chi connectivity index (χ1) is 17.1. The summed E-state index contributed by atoms with van der Waals surface area (Å²) in [6, 6.07) is 11.6. The third kappa shape index (κ3) is 9.51. The van der Waals surface area contributed by atoms with Crippen molar-refractivity contribution in [3.8, 4) is 0 Å². The molecule has 0 saturated heterocycles. The molecule has 2 aromatic carbocycles. The summed E-state index contributed by atoms with van der Waals surface area (Å²) in [5.74, 6) is -0.572. The highest BCUT2D eigenvalue weighted by molar-refractivity contribution is 7.92. The molecule has 0 aromatic heterocycles. The van der Waals surface area contributed by atoms with Gasteiger partial charge in [0.1, 0.15) is 6.04 Å². The van der Waals surface area contributed by atoms with Crippen molar-refractivity contribution in [2.45, 2.75) is 72.0 Å². The predicted molar refractivity (Wildman–Crippen MR) is 152 cm³/mol. The first-order valence-electron chi connectivity index (χ1n) is 12.2. The van der Waals surface area contributed by atoms with Crippen LogP contribution in [0.3, 0.4) is 0 Å². The Hall–Kier alpha value is -2.29. The van der Waals surface area contributed by atoms with Crippen LogP contribution in [0.1, 0.15) is 58.6 Å². The normalized spacial score (nSPS) is 12.6. The number of hydrogen-bond acceptors (Lipinski definition) is 4. The Balaban J connectivity index is 2.22. The Labute approximate surface area is 231 Å². The highest BCUT2D eigenvalue weighted by Gasteiger charge is 2.29. The lowest BCUT2D eigenvalue weighted by molar-refractivity contribution is -0.141. The molecule has 0 spiro atoms. The molecule has 0 bridgehead atoms. The summed E-state index contributed by atoms with van der Waals surface area (Å²) in [4.78, 5) is 27.8. The molecular formula is C27H37Cl2N3O4S. The van der Waals surface area contributed by atoms with E-state index in [0.717, 1.165) is 18.2 Å². The molecule has 10 heteroatoms. The van der Waals surface area contributed by atoms with Crippen molar-refractivity contribution in [3.05, 3.63) is 63.6 Å². The standard InChI is InChI=1S/C27H37Cl2N3O4S/c1-7-20-10-14-23(15-11-20)32(37(6,35)36)16-8-9-25(33)31(19(2)26(34)30-27(3,4)5)18-21-12-13-22(28)17-24(21)29/h10-15,17,19H,7-9,16,18H2,1-6H3,(H,30,34). The lowest BCUT2D eigenvalue weighted by atomic mass is 10.1. The van der Waals surface area contributed by atoms with Gasteiger partial charge in [-0.3, -0.25) is 13.9 Å². The molecule has 0 heterocycles. The number of anilines is 1. The van der Waals surface area contributed by atoms with Gasteiger partial charge < -0.3 is 10.2 Å². The fraction of sp³-hybridized carbons (Fsp3) is 0.481. The van der Waals surface area contributed by atoms with Gasteiger partial charge in [-0.2, -0.15) is 0 Å². The van der Waals surface area contributed by atoms with E-state index >= 15 is 0 Å². The Bertz CT molecular complexity index is 1200. The van der Waals surface area contributed by atoms with Gasteiger partial charge in [-0.15, -0.1) is 0 Å². The lowest BCUT2D eigenvalue weighted by Gasteiger charge is -2.32. The molecule has 1 N–H and O–H groups in total. The van der Waals surface area contributed by atoms with Gasteiger partial charge in [0.05, 0.1) is 11.9 Å². The molecule has 1 atom stereocenters. The fourth-order valence-corrected chi connectivity index (χ4v) is 5.23. The van der Waals surface area contributed by atoms with Crippen molar-refractivity contribution in [2.24, 2.45) is 0 Å². The van der Waals surface area contributed by atoms with E-state index in [-0.39, 0.29) is 37.7 Å². The van der Waals surface area contributed by atoms with E-state index in [0.29, 0.717) is 21.3 Å². The van der Waals surface area contributed by atoms with Crippen molar-refractivity contribution in [2.75, 3.05) is 17.1 Å². The minimum atomic E-state index is -3.55. The van der Waals surface area contributed by atoms with Crippen LogP contribution in [-0.4, -0.2) is 49.5 Å². The molecule has 0 radical (unpaired) electrons. The minimum absolute atomic E-state index is 0.0530. The van der Waals surface area contributed by atoms with E-state index < -0.39 is 21.6 Å². The summed E-state index contributed by atoms with van der Waals surface area (Å²) in [7, 11) is -3.55. The topological polar surface area (TPSA) is 86.8 Å². The second-order valence-electron chi connectivity index (χ2n) is 10.1. The summed E-state index contributed by atoms with van der Waals surface area (Å²) in [6.07, 6.45) is 2.33. The third-order valence-corrected chi connectivity index (χ3v) is 7.59. The molecule has 2 amide bonds. The molecule has 2 aromatic rings. The molecule has 1 unspecified atom stereocenters. The van der Waals surface area contributed by atoms with Gasteiger partial charge in [-0.1, -0.05) is 48.3 Å². The smallest absolute Gasteiger partial charge is 0.242 e. The van der Waals surface area contributed by atoms with Gasteiger partial charge in [-0.25, -0.2) is 8.42 Å². The second-order valence-corrected chi connectivity index (χ2v) is 12.9. The molecular weight excluding hydrogens is 533 g/mol. The van der Waals surface area contributed by atoms with Crippen LogP contribution in [0.2, 0.25) is 10.0 Å². The van der Waals surface area contributed by atoms with E-state index in [4.69, 9.17) is 23.2 Å². The number of halogens is 2. The molecule has 0 aliphatic heterocycles. The number of amides is 2. The van der Waals surface area contributed by atoms with Crippen molar-refractivity contribution in [1.82, 2.24) is 10.2 Å². The minimum Gasteiger partial charge on any atom is -0.350 e. The zero-order valence-corrected chi connectivity index (χ0v) is 24.7. The number of nitrogens with zero attached hydrogens (tertiary/aromatic N) is 2. The quantitative estimate of drug-likeness (QED) is 0.390. The fourth-order valence-electron chi connectivity index (χ4n) is 3.79. The lowest BCUT2D eigenvalue weighted by Crippen LogP contribution is -2.52. The summed E-state index contributed by atoms with van der Waals surface area (Å²) < 4.78 is 26.3. The zero-order valence-electron chi connectivity index (χ0n) is 22.3. The number of sulfonamides is 1. The maximum atomic E-state index is 13.4. The summed E-state index contributed by atoms with van der Waals surface area (Å²) >= 11 is 12.4. The molecule has 0 fully saturated rings. The number of rotatable bonds is 11. The van der Waals surface area contributed by atoms with Gasteiger partial charge in [0.15, 0.2) is 0 Å². The molecule has 204 valence electrons. The number of carbonyl (C=O) groups excluding carboxylic acids is 2. The summed E-state index contributed by atoms with van der Waals surface area (Å²) in [5, 5.41) is 3.78. The molecule has 7 nitrogen and oxygen atoms in total. The average Bonchev–Trinajstić information content (AvgIpc) is 2.79. The van der Waals surface area contributed by atoms with Crippen LogP contribution in [0, 0.1) is 0 Å². The van der Waals surface area contributed by atoms with Crippen LogP contribution in [-0.2, 0) is 32.6 Å². The van der Waals surface area contributed by atoms with Gasteiger partial charge in [0.2, 0.25) is 21.8 Å². The van der Waals surface area contributed by atoms with Crippen molar-refractivity contribution < 1.29 is 18.0 Å². The zero-order chi connectivity index (χ0) is 28.0. The van der Waals surface area contributed by atoms with Crippen LogP contribution >= 0.6 is 23.2 Å². The maximum absolute atomic E-state index is 13.4. The summed E-state index contributed by atoms with van der Waals surface area (Å²) in [5.41, 5.74) is 1.84. The number of nitrogens with one attached hydrogen (secondary N) is 1. The summed E-state index contributed by atoms with van der Waals surface area (Å²) in [6.45, 7) is 9.55. The Morgan fingerprint density at radius 1 is 1.05 bits per heavy atom. The monoisotopic (exact) mass is 569 g/mol. The van der Waals surface area contributed by atoms with Gasteiger partial charge in [-0.05, 0) is 75.9 Å². The van der Waals surface area contributed by atoms with E-state index in [2.05, 4.69) is 5.32 Å². The number of carbonyl (C=O) groups is 2. The second kappa shape index (κ2) is 13.0. The van der Waals surface area contributed by atoms with Crippen LogP contribution in [0.15, 0.2) is 42.5 Å². The SMILES string of the molecule is CCc1ccc(N(CCCC(=O)N(Cc2ccc(Cl)cc2Cl)C(C)C(=O)NC(C)(C)C)S(C)(=O)=O)cc1. The Kier molecular flexibility index (Phi) is 10.9. The highest BCUT2D eigenvalue weighted by atomic mass is 35.5. The molecule has 2 rings (SSSR count). The first-order valence-corrected chi connectivity index (χ1v) is 14.8. The average molecular weight is 571 g/mol. The number of aryl methyl sites for hydroxylation is 1. The van der Waals surface area contributed by atoms with Crippen LogP contribution < -0.4 is 9.62 Å². The maximum Gasteiger partial charge on any atom is 0.242 e. The highest BCUT2D eigenvalue weighted by Crippen LogP contribution is 2.24. The van der Waals surface area contributed by atoms with Crippen molar-refractivity contribution in [1.29, 1.82) is 0 Å². The van der Waals surface area contributed by atoms with Gasteiger partial charge >= 0.3 is 0 Å². The van der Waals surface area contributed by atoms with Gasteiger partial charge in [0.25, 0.3) is 0 Å².